The minimum atomic E-state index is -0.925. The quantitative estimate of drug-likeness (QED) is 0.342. The Kier molecular flexibility index (Phi) is 5.17. The fourth-order valence-corrected chi connectivity index (χ4v) is 2.54. The van der Waals surface area contributed by atoms with Crippen LogP contribution in [0.2, 0.25) is 0 Å². The average Bonchev–Trinajstić information content (AvgIpc) is 2.56. The molecule has 1 fully saturated rings. The van der Waals surface area contributed by atoms with E-state index in [2.05, 4.69) is 17.1 Å². The molecule has 0 aliphatic carbocycles. The van der Waals surface area contributed by atoms with Crippen molar-refractivity contribution in [3.8, 4) is 0 Å². The first-order valence-electron chi connectivity index (χ1n) is 6.84. The van der Waals surface area contributed by atoms with Crippen LogP contribution in [0.5, 0.6) is 0 Å². The van der Waals surface area contributed by atoms with Gasteiger partial charge in [0.05, 0.1) is 0 Å². The number of rotatable bonds is 3. The second kappa shape index (κ2) is 6.23. The summed E-state index contributed by atoms with van der Waals surface area (Å²) >= 11 is 0. The van der Waals surface area contributed by atoms with Crippen LogP contribution in [-0.2, 0) is 4.79 Å². The number of likely N-dealkylation sites (N-methyl/N-ethyl adjacent to an activating group) is 1. The number of nitrogens with two attached hydrogens (primary N) is 1. The summed E-state index contributed by atoms with van der Waals surface area (Å²) in [5.74, 6) is -0.0575. The van der Waals surface area contributed by atoms with E-state index in [0.29, 0.717) is 6.42 Å². The lowest BCUT2D eigenvalue weighted by molar-refractivity contribution is -0.139. The van der Waals surface area contributed by atoms with Crippen LogP contribution >= 0.6 is 0 Å². The van der Waals surface area contributed by atoms with Gasteiger partial charge in [-0.1, -0.05) is 12.1 Å². The van der Waals surface area contributed by atoms with Gasteiger partial charge < -0.3 is 20.7 Å². The summed E-state index contributed by atoms with van der Waals surface area (Å²) in [5, 5.41) is 11.9. The first-order chi connectivity index (χ1) is 8.86. The molecule has 6 heteroatoms. The lowest BCUT2D eigenvalue weighted by atomic mass is 9.84. The van der Waals surface area contributed by atoms with Crippen LogP contribution in [-0.4, -0.2) is 59.5 Å². The molecule has 6 nitrogen and oxygen atoms in total. The van der Waals surface area contributed by atoms with Crippen molar-refractivity contribution in [2.24, 2.45) is 16.3 Å². The molecular weight excluding hydrogens is 244 g/mol. The number of nitrogens with zero attached hydrogens (tertiary/aromatic N) is 3. The lowest BCUT2D eigenvalue weighted by Crippen LogP contribution is -2.53. The molecule has 110 valence electrons. The normalized spacial score (nSPS) is 25.8. The molecule has 1 aliphatic rings. The highest BCUT2D eigenvalue weighted by atomic mass is 16.4. The van der Waals surface area contributed by atoms with Gasteiger partial charge in [-0.3, -0.25) is 4.79 Å². The zero-order valence-electron chi connectivity index (χ0n) is 12.4. The van der Waals surface area contributed by atoms with Crippen molar-refractivity contribution < 1.29 is 10.0 Å². The molecule has 1 saturated heterocycles. The summed E-state index contributed by atoms with van der Waals surface area (Å²) in [6.45, 7) is 8.22. The van der Waals surface area contributed by atoms with Crippen LogP contribution in [0.25, 0.3) is 0 Å². The van der Waals surface area contributed by atoms with Crippen LogP contribution in [0.15, 0.2) is 5.16 Å². The second-order valence-electron chi connectivity index (χ2n) is 5.63. The molecular formula is C13H26N4O2. The van der Waals surface area contributed by atoms with Gasteiger partial charge in [-0.2, -0.15) is 0 Å². The van der Waals surface area contributed by atoms with Gasteiger partial charge in [0, 0.05) is 19.1 Å². The molecule has 1 aliphatic heterocycles. The van der Waals surface area contributed by atoms with Gasteiger partial charge in [0.1, 0.15) is 5.41 Å². The number of hydrogen-bond acceptors (Lipinski definition) is 4. The zero-order chi connectivity index (χ0) is 14.6. The Labute approximate surface area is 115 Å². The van der Waals surface area contributed by atoms with Gasteiger partial charge in [-0.25, -0.2) is 0 Å². The molecule has 1 heterocycles. The summed E-state index contributed by atoms with van der Waals surface area (Å²) in [6, 6.07) is 0.136. The van der Waals surface area contributed by atoms with Gasteiger partial charge >= 0.3 is 0 Å². The number of oxime groups is 1. The van der Waals surface area contributed by atoms with Gasteiger partial charge in [0.25, 0.3) is 0 Å². The van der Waals surface area contributed by atoms with Crippen molar-refractivity contribution in [2.45, 2.75) is 39.7 Å². The van der Waals surface area contributed by atoms with E-state index in [0.717, 1.165) is 26.1 Å². The summed E-state index contributed by atoms with van der Waals surface area (Å²) in [5.41, 5.74) is 4.80. The first kappa shape index (κ1) is 15.8. The van der Waals surface area contributed by atoms with Gasteiger partial charge in [0.2, 0.25) is 5.91 Å². The van der Waals surface area contributed by atoms with E-state index in [9.17, 15) is 4.79 Å². The minimum absolute atomic E-state index is 0.00944. The fourth-order valence-electron chi connectivity index (χ4n) is 2.54. The predicted molar refractivity (Wildman–Crippen MR) is 75.1 cm³/mol. The maximum Gasteiger partial charge on any atom is 0.236 e. The Hall–Kier alpha value is -1.30. The van der Waals surface area contributed by atoms with Crippen molar-refractivity contribution in [1.29, 1.82) is 0 Å². The Morgan fingerprint density at radius 1 is 1.53 bits per heavy atom. The molecule has 0 aromatic rings. The zero-order valence-corrected chi connectivity index (χ0v) is 12.4. The highest BCUT2D eigenvalue weighted by Crippen LogP contribution is 2.26. The molecule has 1 rings (SSSR count). The predicted octanol–water partition coefficient (Wildman–Crippen LogP) is 0.702. The molecule has 0 saturated carbocycles. The van der Waals surface area contributed by atoms with Crippen LogP contribution in [0.3, 0.4) is 0 Å². The summed E-state index contributed by atoms with van der Waals surface area (Å²) in [7, 11) is 2.06. The third-order valence-corrected chi connectivity index (χ3v) is 4.16. The van der Waals surface area contributed by atoms with E-state index >= 15 is 0 Å². The average molecular weight is 270 g/mol. The Morgan fingerprint density at radius 3 is 2.68 bits per heavy atom. The number of hydrogen-bond donors (Lipinski definition) is 2. The summed E-state index contributed by atoms with van der Waals surface area (Å²) in [4.78, 5) is 16.8. The monoisotopic (exact) mass is 270 g/mol. The Morgan fingerprint density at radius 2 is 2.16 bits per heavy atom. The summed E-state index contributed by atoms with van der Waals surface area (Å²) < 4.78 is 0. The molecule has 0 radical (unpaired) electrons. The molecule has 2 unspecified atom stereocenters. The molecule has 0 bridgehead atoms. The van der Waals surface area contributed by atoms with Crippen molar-refractivity contribution >= 4 is 11.7 Å². The highest BCUT2D eigenvalue weighted by Gasteiger charge is 2.41. The van der Waals surface area contributed by atoms with Crippen molar-refractivity contribution in [2.75, 3.05) is 26.7 Å². The first-order valence-corrected chi connectivity index (χ1v) is 6.84. The molecule has 2 atom stereocenters. The summed E-state index contributed by atoms with van der Waals surface area (Å²) in [6.07, 6.45) is 1.46. The van der Waals surface area contributed by atoms with Crippen LogP contribution < -0.4 is 5.73 Å². The molecule has 3 N–H and O–H groups in total. The highest BCUT2D eigenvalue weighted by molar-refractivity contribution is 6.06. The molecule has 1 amide bonds. The minimum Gasteiger partial charge on any atom is -0.409 e. The van der Waals surface area contributed by atoms with Crippen LogP contribution in [0, 0.1) is 5.41 Å². The van der Waals surface area contributed by atoms with E-state index in [-0.39, 0.29) is 17.8 Å². The molecule has 0 aromatic carbocycles. The Balaban J connectivity index is 2.96. The van der Waals surface area contributed by atoms with E-state index in [1.807, 2.05) is 18.7 Å². The van der Waals surface area contributed by atoms with Crippen LogP contribution in [0.4, 0.5) is 0 Å². The standard InChI is InChI=1S/C13H26N4O2/c1-5-13(3,11(14)15-19)12(18)17-8-6-7-16(4)9-10(17)2/h10,19H,5-9H2,1-4H3,(H2,14,15). The van der Waals surface area contributed by atoms with E-state index < -0.39 is 5.41 Å². The molecule has 19 heavy (non-hydrogen) atoms. The van der Waals surface area contributed by atoms with Gasteiger partial charge in [-0.05, 0) is 40.3 Å². The number of amides is 1. The third-order valence-electron chi connectivity index (χ3n) is 4.16. The fraction of sp³-hybridized carbons (Fsp3) is 0.846. The van der Waals surface area contributed by atoms with E-state index in [1.165, 1.54) is 0 Å². The Bertz CT molecular complexity index is 359. The number of carbonyl (C=O) groups is 1. The van der Waals surface area contributed by atoms with Gasteiger partial charge in [-0.15, -0.1) is 0 Å². The molecule has 0 aromatic heterocycles. The van der Waals surface area contributed by atoms with E-state index in [4.69, 9.17) is 10.9 Å². The van der Waals surface area contributed by atoms with Crippen molar-refractivity contribution in [3.63, 3.8) is 0 Å². The third kappa shape index (κ3) is 3.18. The number of amidine groups is 1. The lowest BCUT2D eigenvalue weighted by Gasteiger charge is -2.36. The smallest absolute Gasteiger partial charge is 0.236 e. The maximum atomic E-state index is 12.8. The van der Waals surface area contributed by atoms with Crippen molar-refractivity contribution in [1.82, 2.24) is 9.80 Å². The van der Waals surface area contributed by atoms with E-state index in [1.54, 1.807) is 6.92 Å². The topological polar surface area (TPSA) is 82.2 Å². The number of carbonyl (C=O) groups excluding carboxylic acids is 1. The molecule has 0 spiro atoms. The second-order valence-corrected chi connectivity index (χ2v) is 5.63. The largest absolute Gasteiger partial charge is 0.409 e. The van der Waals surface area contributed by atoms with Gasteiger partial charge in [0.15, 0.2) is 5.84 Å². The van der Waals surface area contributed by atoms with Crippen molar-refractivity contribution in [3.05, 3.63) is 0 Å². The SMILES string of the molecule is CCC(C)(C(=O)N1CCCN(C)CC1C)C(N)=NO. The maximum absolute atomic E-state index is 12.8. The van der Waals surface area contributed by atoms with Crippen LogP contribution in [0.1, 0.15) is 33.6 Å².